The van der Waals surface area contributed by atoms with E-state index in [2.05, 4.69) is 23.8 Å². The number of nitrogens with zero attached hydrogens (tertiary/aromatic N) is 1. The van der Waals surface area contributed by atoms with E-state index in [9.17, 15) is 4.79 Å². The summed E-state index contributed by atoms with van der Waals surface area (Å²) in [5.41, 5.74) is 0. The lowest BCUT2D eigenvalue weighted by Gasteiger charge is -2.28. The summed E-state index contributed by atoms with van der Waals surface area (Å²) in [7, 11) is 2.06. The van der Waals surface area contributed by atoms with Gasteiger partial charge in [-0.3, -0.25) is 4.79 Å². The highest BCUT2D eigenvalue weighted by atomic mass is 16.1. The molecule has 0 aromatic heterocycles. The highest BCUT2D eigenvalue weighted by Crippen LogP contribution is 2.14. The molecule has 1 atom stereocenters. The number of likely N-dealkylation sites (tertiary alicyclic amines) is 1. The normalized spacial score (nSPS) is 23.9. The van der Waals surface area contributed by atoms with Crippen molar-refractivity contribution in [2.24, 2.45) is 5.92 Å². The average molecular weight is 182 g/mol. The van der Waals surface area contributed by atoms with E-state index < -0.39 is 0 Å². The highest BCUT2D eigenvalue weighted by molar-refractivity contribution is 5.79. The molecule has 0 spiro atoms. The molecule has 1 aliphatic heterocycles. The van der Waals surface area contributed by atoms with Crippen LogP contribution in [0.5, 0.6) is 0 Å². The minimum Gasteiger partial charge on any atom is -0.352 e. The van der Waals surface area contributed by atoms with Crippen LogP contribution in [0.3, 0.4) is 0 Å². The molecular formula is C10H18N2O. The zero-order chi connectivity index (χ0) is 9.68. The maximum atomic E-state index is 11.5. The van der Waals surface area contributed by atoms with E-state index in [1.807, 2.05) is 0 Å². The molecule has 0 aromatic carbocycles. The first-order chi connectivity index (χ1) is 6.24. The third-order valence-electron chi connectivity index (χ3n) is 2.42. The first-order valence-electron chi connectivity index (χ1n) is 4.81. The lowest BCUT2D eigenvalue weighted by atomic mass is 9.98. The van der Waals surface area contributed by atoms with E-state index in [1.165, 1.54) is 0 Å². The maximum absolute atomic E-state index is 11.5. The molecule has 3 nitrogen and oxygen atoms in total. The minimum atomic E-state index is 0.173. The van der Waals surface area contributed by atoms with Gasteiger partial charge in [0.25, 0.3) is 0 Å². The van der Waals surface area contributed by atoms with Crippen molar-refractivity contribution in [2.75, 3.05) is 26.7 Å². The van der Waals surface area contributed by atoms with Crippen LogP contribution < -0.4 is 5.32 Å². The molecule has 1 N–H and O–H groups in total. The van der Waals surface area contributed by atoms with Gasteiger partial charge in [-0.05, 0) is 26.4 Å². The van der Waals surface area contributed by atoms with Crippen molar-refractivity contribution in [3.63, 3.8) is 0 Å². The van der Waals surface area contributed by atoms with Gasteiger partial charge < -0.3 is 10.2 Å². The van der Waals surface area contributed by atoms with E-state index in [1.54, 1.807) is 6.08 Å². The maximum Gasteiger partial charge on any atom is 0.224 e. The van der Waals surface area contributed by atoms with Crippen molar-refractivity contribution in [3.05, 3.63) is 12.7 Å². The van der Waals surface area contributed by atoms with E-state index in [0.29, 0.717) is 6.54 Å². The van der Waals surface area contributed by atoms with Gasteiger partial charge in [0.15, 0.2) is 0 Å². The Hall–Kier alpha value is -0.830. The summed E-state index contributed by atoms with van der Waals surface area (Å²) >= 11 is 0. The topological polar surface area (TPSA) is 32.3 Å². The highest BCUT2D eigenvalue weighted by Gasteiger charge is 2.22. The van der Waals surface area contributed by atoms with Crippen molar-refractivity contribution < 1.29 is 4.79 Å². The number of nitrogens with one attached hydrogen (secondary N) is 1. The number of amides is 1. The SMILES string of the molecule is C=CCNC(=O)[C@@H]1CCCN(C)C1. The molecule has 1 fully saturated rings. The van der Waals surface area contributed by atoms with Gasteiger partial charge in [-0.2, -0.15) is 0 Å². The molecule has 1 saturated heterocycles. The summed E-state index contributed by atoms with van der Waals surface area (Å²) in [6.07, 6.45) is 3.86. The fourth-order valence-corrected chi connectivity index (χ4v) is 1.70. The van der Waals surface area contributed by atoms with Crippen molar-refractivity contribution in [2.45, 2.75) is 12.8 Å². The number of carbonyl (C=O) groups is 1. The van der Waals surface area contributed by atoms with Crippen molar-refractivity contribution in [3.8, 4) is 0 Å². The summed E-state index contributed by atoms with van der Waals surface area (Å²) in [6.45, 7) is 6.16. The fraction of sp³-hybridized carbons (Fsp3) is 0.700. The number of hydrogen-bond acceptors (Lipinski definition) is 2. The second kappa shape index (κ2) is 5.02. The van der Waals surface area contributed by atoms with Crippen LogP contribution in [-0.2, 0) is 4.79 Å². The smallest absolute Gasteiger partial charge is 0.224 e. The summed E-state index contributed by atoms with van der Waals surface area (Å²) in [5.74, 6) is 0.352. The zero-order valence-electron chi connectivity index (χ0n) is 8.25. The fourth-order valence-electron chi connectivity index (χ4n) is 1.70. The Morgan fingerprint density at radius 2 is 2.54 bits per heavy atom. The Bertz CT molecular complexity index is 191. The Kier molecular flexibility index (Phi) is 3.96. The zero-order valence-corrected chi connectivity index (χ0v) is 8.25. The lowest BCUT2D eigenvalue weighted by Crippen LogP contribution is -2.41. The van der Waals surface area contributed by atoms with E-state index in [0.717, 1.165) is 25.9 Å². The van der Waals surface area contributed by atoms with Crippen molar-refractivity contribution in [1.29, 1.82) is 0 Å². The molecule has 0 unspecified atom stereocenters. The second-order valence-corrected chi connectivity index (χ2v) is 3.64. The number of rotatable bonds is 3. The van der Waals surface area contributed by atoms with Gasteiger partial charge in [0, 0.05) is 13.1 Å². The molecule has 1 rings (SSSR count). The summed E-state index contributed by atoms with van der Waals surface area (Å²) in [5, 5.41) is 2.84. The molecule has 74 valence electrons. The molecule has 1 amide bonds. The second-order valence-electron chi connectivity index (χ2n) is 3.64. The third-order valence-corrected chi connectivity index (χ3v) is 2.42. The van der Waals surface area contributed by atoms with Crippen LogP contribution in [0.25, 0.3) is 0 Å². The van der Waals surface area contributed by atoms with Crippen LogP contribution in [0.4, 0.5) is 0 Å². The summed E-state index contributed by atoms with van der Waals surface area (Å²) in [6, 6.07) is 0. The molecule has 13 heavy (non-hydrogen) atoms. The predicted molar refractivity (Wildman–Crippen MR) is 53.4 cm³/mol. The molecule has 3 heteroatoms. The quantitative estimate of drug-likeness (QED) is 0.649. The molecule has 0 saturated carbocycles. The van der Waals surface area contributed by atoms with Gasteiger partial charge in [0.2, 0.25) is 5.91 Å². The molecule has 1 heterocycles. The van der Waals surface area contributed by atoms with Gasteiger partial charge >= 0.3 is 0 Å². The molecule has 0 aromatic rings. The Morgan fingerprint density at radius 1 is 1.77 bits per heavy atom. The van der Waals surface area contributed by atoms with Crippen molar-refractivity contribution in [1.82, 2.24) is 10.2 Å². The van der Waals surface area contributed by atoms with Crippen LogP contribution in [0.2, 0.25) is 0 Å². The Balaban J connectivity index is 2.32. The summed E-state index contributed by atoms with van der Waals surface area (Å²) in [4.78, 5) is 13.7. The number of piperidine rings is 1. The van der Waals surface area contributed by atoms with E-state index in [4.69, 9.17) is 0 Å². The Labute approximate surface area is 79.8 Å². The standard InChI is InChI=1S/C10H18N2O/c1-3-6-11-10(13)9-5-4-7-12(2)8-9/h3,9H,1,4-8H2,2H3,(H,11,13)/t9-/m1/s1. The molecular weight excluding hydrogens is 164 g/mol. The van der Waals surface area contributed by atoms with Crippen molar-refractivity contribution >= 4 is 5.91 Å². The van der Waals surface area contributed by atoms with E-state index in [-0.39, 0.29) is 11.8 Å². The lowest BCUT2D eigenvalue weighted by molar-refractivity contribution is -0.126. The average Bonchev–Trinajstić information content (AvgIpc) is 2.14. The van der Waals surface area contributed by atoms with Gasteiger partial charge in [-0.25, -0.2) is 0 Å². The molecule has 0 bridgehead atoms. The van der Waals surface area contributed by atoms with Gasteiger partial charge in [-0.1, -0.05) is 6.08 Å². The molecule has 0 radical (unpaired) electrons. The van der Waals surface area contributed by atoms with Gasteiger partial charge in [0.1, 0.15) is 0 Å². The number of carbonyl (C=O) groups excluding carboxylic acids is 1. The van der Waals surface area contributed by atoms with Gasteiger partial charge in [-0.15, -0.1) is 6.58 Å². The third kappa shape index (κ3) is 3.19. The van der Waals surface area contributed by atoms with Crippen LogP contribution >= 0.6 is 0 Å². The van der Waals surface area contributed by atoms with Crippen LogP contribution in [0, 0.1) is 5.92 Å². The number of hydrogen-bond donors (Lipinski definition) is 1. The molecule has 1 aliphatic rings. The monoisotopic (exact) mass is 182 g/mol. The van der Waals surface area contributed by atoms with Crippen LogP contribution in [0.1, 0.15) is 12.8 Å². The van der Waals surface area contributed by atoms with Crippen LogP contribution in [0.15, 0.2) is 12.7 Å². The largest absolute Gasteiger partial charge is 0.352 e. The Morgan fingerprint density at radius 3 is 3.15 bits per heavy atom. The molecule has 0 aliphatic carbocycles. The first kappa shape index (κ1) is 10.3. The first-order valence-corrected chi connectivity index (χ1v) is 4.81. The van der Waals surface area contributed by atoms with Gasteiger partial charge in [0.05, 0.1) is 5.92 Å². The predicted octanol–water partition coefficient (Wildman–Crippen LogP) is 0.630. The summed E-state index contributed by atoms with van der Waals surface area (Å²) < 4.78 is 0. The minimum absolute atomic E-state index is 0.173. The van der Waals surface area contributed by atoms with E-state index >= 15 is 0 Å². The van der Waals surface area contributed by atoms with Crippen LogP contribution in [-0.4, -0.2) is 37.5 Å².